The third kappa shape index (κ3) is 5.38. The number of esters is 1. The second kappa shape index (κ2) is 9.46. The maximum Gasteiger partial charge on any atom is 0.338 e. The summed E-state index contributed by atoms with van der Waals surface area (Å²) in [6.07, 6.45) is 0.704. The number of rotatable bonds is 7. The molecule has 0 atom stereocenters. The summed E-state index contributed by atoms with van der Waals surface area (Å²) in [5.41, 5.74) is 2.47. The molecule has 0 aliphatic rings. The minimum atomic E-state index is -0.689. The van der Waals surface area contributed by atoms with Gasteiger partial charge in [0.1, 0.15) is 0 Å². The number of hydrogen-bond acceptors (Lipinski definition) is 4. The minimum Gasteiger partial charge on any atom is -0.494 e. The first-order chi connectivity index (χ1) is 12.4. The van der Waals surface area contributed by atoms with Gasteiger partial charge in [0, 0.05) is 6.54 Å². The first-order valence-corrected chi connectivity index (χ1v) is 8.69. The highest BCUT2D eigenvalue weighted by Gasteiger charge is 2.15. The van der Waals surface area contributed by atoms with Gasteiger partial charge in [-0.2, -0.15) is 0 Å². The van der Waals surface area contributed by atoms with Gasteiger partial charge in [-0.15, -0.1) is 0 Å². The Morgan fingerprint density at radius 2 is 1.77 bits per heavy atom. The summed E-state index contributed by atoms with van der Waals surface area (Å²) < 4.78 is 10.0. The number of nitrogens with one attached hydrogen (secondary N) is 1. The van der Waals surface area contributed by atoms with Gasteiger partial charge in [-0.3, -0.25) is 4.79 Å². The van der Waals surface area contributed by atoms with Crippen LogP contribution in [-0.4, -0.2) is 32.1 Å². The Hall–Kier alpha value is -2.24. The van der Waals surface area contributed by atoms with E-state index in [4.69, 9.17) is 32.7 Å². The van der Waals surface area contributed by atoms with E-state index in [9.17, 15) is 9.59 Å². The molecule has 0 bridgehead atoms. The maximum atomic E-state index is 12.0. The highest BCUT2D eigenvalue weighted by molar-refractivity contribution is 6.37. The van der Waals surface area contributed by atoms with Crippen LogP contribution in [0.4, 0.5) is 0 Å². The number of halogens is 2. The fourth-order valence-electron chi connectivity index (χ4n) is 2.37. The predicted molar refractivity (Wildman–Crippen MR) is 101 cm³/mol. The fraction of sp³-hybridized carbons (Fsp3) is 0.263. The molecule has 1 amide bonds. The molecule has 0 aliphatic heterocycles. The van der Waals surface area contributed by atoms with Crippen molar-refractivity contribution in [1.29, 1.82) is 0 Å². The molecule has 0 saturated heterocycles. The molecule has 2 aromatic rings. The smallest absolute Gasteiger partial charge is 0.338 e. The number of amides is 1. The average Bonchev–Trinajstić information content (AvgIpc) is 2.61. The Bertz CT molecular complexity index is 785. The van der Waals surface area contributed by atoms with Crippen LogP contribution < -0.4 is 10.1 Å². The Balaban J connectivity index is 1.82. The number of methoxy groups -OCH3 is 1. The van der Waals surface area contributed by atoms with E-state index < -0.39 is 5.97 Å². The number of benzene rings is 2. The molecule has 138 valence electrons. The van der Waals surface area contributed by atoms with E-state index in [-0.39, 0.29) is 33.9 Å². The van der Waals surface area contributed by atoms with Crippen molar-refractivity contribution in [1.82, 2.24) is 5.32 Å². The van der Waals surface area contributed by atoms with Gasteiger partial charge in [-0.1, -0.05) is 47.5 Å². The van der Waals surface area contributed by atoms with Gasteiger partial charge in [0.05, 0.1) is 22.7 Å². The van der Waals surface area contributed by atoms with Crippen LogP contribution in [0.2, 0.25) is 10.0 Å². The van der Waals surface area contributed by atoms with Crippen molar-refractivity contribution in [2.24, 2.45) is 0 Å². The summed E-state index contributed by atoms with van der Waals surface area (Å²) in [6.45, 7) is 2.10. The lowest BCUT2D eigenvalue weighted by molar-refractivity contribution is -0.124. The van der Waals surface area contributed by atoms with E-state index >= 15 is 0 Å². The quantitative estimate of drug-likeness (QED) is 0.723. The lowest BCUT2D eigenvalue weighted by atomic mass is 10.1. The second-order valence-corrected chi connectivity index (χ2v) is 6.39. The molecule has 2 rings (SSSR count). The maximum absolute atomic E-state index is 12.0. The van der Waals surface area contributed by atoms with Gasteiger partial charge in [0.2, 0.25) is 0 Å². The van der Waals surface area contributed by atoms with Crippen LogP contribution in [0.1, 0.15) is 21.5 Å². The standard InChI is InChI=1S/C19H19Cl2NO4/c1-12-5-3-4-6-13(12)7-8-22-17(23)11-26-19(24)14-9-15(20)18(25-2)16(21)10-14/h3-6,9-10H,7-8,11H2,1-2H3,(H,22,23). The summed E-state index contributed by atoms with van der Waals surface area (Å²) in [5, 5.41) is 3.10. The fourth-order valence-corrected chi connectivity index (χ4v) is 3.01. The molecular weight excluding hydrogens is 377 g/mol. The van der Waals surface area contributed by atoms with Gasteiger partial charge < -0.3 is 14.8 Å². The van der Waals surface area contributed by atoms with E-state index in [1.807, 2.05) is 31.2 Å². The van der Waals surface area contributed by atoms with Crippen LogP contribution in [0.25, 0.3) is 0 Å². The van der Waals surface area contributed by atoms with Crippen molar-refractivity contribution in [3.8, 4) is 5.75 Å². The summed E-state index contributed by atoms with van der Waals surface area (Å²) in [7, 11) is 1.42. The summed E-state index contributed by atoms with van der Waals surface area (Å²) in [4.78, 5) is 23.9. The van der Waals surface area contributed by atoms with Crippen molar-refractivity contribution in [2.45, 2.75) is 13.3 Å². The van der Waals surface area contributed by atoms with E-state index in [0.29, 0.717) is 13.0 Å². The van der Waals surface area contributed by atoms with Crippen LogP contribution in [0.15, 0.2) is 36.4 Å². The normalized spacial score (nSPS) is 10.3. The van der Waals surface area contributed by atoms with E-state index in [1.54, 1.807) is 0 Å². The molecule has 0 aromatic heterocycles. The Morgan fingerprint density at radius 3 is 2.38 bits per heavy atom. The van der Waals surface area contributed by atoms with Gasteiger partial charge in [-0.25, -0.2) is 4.79 Å². The van der Waals surface area contributed by atoms with Crippen LogP contribution in [0, 0.1) is 6.92 Å². The Kier molecular flexibility index (Phi) is 7.30. The van der Waals surface area contributed by atoms with E-state index in [1.165, 1.54) is 24.8 Å². The van der Waals surface area contributed by atoms with E-state index in [0.717, 1.165) is 5.56 Å². The number of hydrogen-bond donors (Lipinski definition) is 1. The van der Waals surface area contributed by atoms with Gasteiger partial charge in [0.15, 0.2) is 12.4 Å². The highest BCUT2D eigenvalue weighted by Crippen LogP contribution is 2.33. The minimum absolute atomic E-state index is 0.147. The first kappa shape index (κ1) is 20.1. The molecule has 0 heterocycles. The molecule has 0 spiro atoms. The number of aryl methyl sites for hydroxylation is 1. The third-order valence-electron chi connectivity index (χ3n) is 3.75. The Morgan fingerprint density at radius 1 is 1.12 bits per heavy atom. The number of ether oxygens (including phenoxy) is 2. The highest BCUT2D eigenvalue weighted by atomic mass is 35.5. The Labute approximate surface area is 162 Å². The summed E-state index contributed by atoms with van der Waals surface area (Å²) >= 11 is 12.0. The molecule has 0 fully saturated rings. The van der Waals surface area contributed by atoms with Crippen molar-refractivity contribution >= 4 is 35.1 Å². The van der Waals surface area contributed by atoms with Crippen molar-refractivity contribution in [3.63, 3.8) is 0 Å². The van der Waals surface area contributed by atoms with Crippen LogP contribution in [0.5, 0.6) is 5.75 Å². The predicted octanol–water partition coefficient (Wildman–Crippen LogP) is 3.83. The van der Waals surface area contributed by atoms with Crippen molar-refractivity contribution in [3.05, 3.63) is 63.1 Å². The van der Waals surface area contributed by atoms with Gasteiger partial charge in [-0.05, 0) is 36.6 Å². The number of carbonyl (C=O) groups is 2. The zero-order valence-electron chi connectivity index (χ0n) is 14.5. The van der Waals surface area contributed by atoms with Gasteiger partial charge in [0.25, 0.3) is 5.91 Å². The first-order valence-electron chi connectivity index (χ1n) is 7.93. The molecule has 0 unspecified atom stereocenters. The molecule has 26 heavy (non-hydrogen) atoms. The van der Waals surface area contributed by atoms with E-state index in [2.05, 4.69) is 5.32 Å². The molecule has 5 nitrogen and oxygen atoms in total. The molecule has 2 aromatic carbocycles. The summed E-state index contributed by atoms with van der Waals surface area (Å²) in [6, 6.07) is 10.7. The third-order valence-corrected chi connectivity index (χ3v) is 4.31. The van der Waals surface area contributed by atoms with Crippen LogP contribution in [0.3, 0.4) is 0 Å². The molecule has 1 N–H and O–H groups in total. The average molecular weight is 396 g/mol. The lowest BCUT2D eigenvalue weighted by Crippen LogP contribution is -2.30. The lowest BCUT2D eigenvalue weighted by Gasteiger charge is -2.10. The topological polar surface area (TPSA) is 64.6 Å². The molecular formula is C19H19Cl2NO4. The number of carbonyl (C=O) groups excluding carboxylic acids is 2. The molecule has 0 aliphatic carbocycles. The van der Waals surface area contributed by atoms with Gasteiger partial charge >= 0.3 is 5.97 Å². The van der Waals surface area contributed by atoms with Crippen LogP contribution >= 0.6 is 23.2 Å². The van der Waals surface area contributed by atoms with Crippen molar-refractivity contribution < 1.29 is 19.1 Å². The monoisotopic (exact) mass is 395 g/mol. The second-order valence-electron chi connectivity index (χ2n) is 5.58. The molecule has 7 heteroatoms. The molecule has 0 radical (unpaired) electrons. The van der Waals surface area contributed by atoms with Crippen LogP contribution in [-0.2, 0) is 16.0 Å². The SMILES string of the molecule is COc1c(Cl)cc(C(=O)OCC(=O)NCCc2ccccc2C)cc1Cl. The summed E-state index contributed by atoms with van der Waals surface area (Å²) in [5.74, 6) is -0.790. The molecule has 0 saturated carbocycles. The largest absolute Gasteiger partial charge is 0.494 e. The van der Waals surface area contributed by atoms with Crippen molar-refractivity contribution in [2.75, 3.05) is 20.3 Å². The zero-order chi connectivity index (χ0) is 19.1. The zero-order valence-corrected chi connectivity index (χ0v) is 16.0.